The molecule has 1 heterocycles. The average Bonchev–Trinajstić information content (AvgIpc) is 3.08. The third-order valence-electron chi connectivity index (χ3n) is 4.83. The van der Waals surface area contributed by atoms with Gasteiger partial charge in [0, 0.05) is 29.8 Å². The standard InChI is InChI=1S/C20H19F2N3/c21-15-8-9-17(18(22)10-15)20-14(12-24-25-20)11-23-19-7-3-5-13-4-1-2-6-16(13)19/h1-2,4,6,8-10,12,19,23H,3,5,7,11H2,(H,24,25)/t19-/m1/s1. The number of aromatic amines is 1. The molecule has 0 fully saturated rings. The Kier molecular flexibility index (Phi) is 4.32. The van der Waals surface area contributed by atoms with Crippen molar-refractivity contribution in [2.24, 2.45) is 0 Å². The molecule has 0 saturated carbocycles. The van der Waals surface area contributed by atoms with Crippen LogP contribution in [0.2, 0.25) is 0 Å². The van der Waals surface area contributed by atoms with Gasteiger partial charge < -0.3 is 5.32 Å². The predicted octanol–water partition coefficient (Wildman–Crippen LogP) is 4.52. The van der Waals surface area contributed by atoms with Gasteiger partial charge in [-0.2, -0.15) is 5.10 Å². The first-order valence-electron chi connectivity index (χ1n) is 8.51. The predicted molar refractivity (Wildman–Crippen MR) is 92.9 cm³/mol. The van der Waals surface area contributed by atoms with Gasteiger partial charge in [-0.3, -0.25) is 5.10 Å². The first-order valence-corrected chi connectivity index (χ1v) is 8.51. The van der Waals surface area contributed by atoms with Crippen LogP contribution >= 0.6 is 0 Å². The molecule has 0 amide bonds. The number of hydrogen-bond acceptors (Lipinski definition) is 2. The molecule has 1 atom stereocenters. The summed E-state index contributed by atoms with van der Waals surface area (Å²) in [5.74, 6) is -1.17. The fraction of sp³-hybridized carbons (Fsp3) is 0.250. The van der Waals surface area contributed by atoms with Crippen LogP contribution in [-0.4, -0.2) is 10.2 Å². The van der Waals surface area contributed by atoms with Gasteiger partial charge in [-0.15, -0.1) is 0 Å². The van der Waals surface area contributed by atoms with E-state index in [1.54, 1.807) is 6.20 Å². The lowest BCUT2D eigenvalue weighted by Gasteiger charge is -2.26. The molecule has 1 aliphatic rings. The number of benzene rings is 2. The summed E-state index contributed by atoms with van der Waals surface area (Å²) >= 11 is 0. The fourth-order valence-corrected chi connectivity index (χ4v) is 3.57. The Morgan fingerprint density at radius 2 is 2.04 bits per heavy atom. The van der Waals surface area contributed by atoms with Gasteiger partial charge in [0.1, 0.15) is 11.6 Å². The highest BCUT2D eigenvalue weighted by Crippen LogP contribution is 2.30. The molecule has 4 rings (SSSR count). The molecule has 1 aliphatic carbocycles. The SMILES string of the molecule is Fc1ccc(-c2[nH]ncc2CN[C@@H]2CCCc3ccccc32)c(F)c1. The zero-order valence-corrected chi connectivity index (χ0v) is 13.7. The lowest BCUT2D eigenvalue weighted by Crippen LogP contribution is -2.24. The van der Waals surface area contributed by atoms with E-state index in [1.807, 2.05) is 0 Å². The highest BCUT2D eigenvalue weighted by atomic mass is 19.1. The summed E-state index contributed by atoms with van der Waals surface area (Å²) in [6, 6.07) is 12.4. The van der Waals surface area contributed by atoms with Gasteiger partial charge in [0.05, 0.1) is 11.9 Å². The van der Waals surface area contributed by atoms with Gasteiger partial charge in [-0.1, -0.05) is 24.3 Å². The van der Waals surface area contributed by atoms with E-state index in [2.05, 4.69) is 39.8 Å². The van der Waals surface area contributed by atoms with Crippen molar-refractivity contribution in [1.82, 2.24) is 15.5 Å². The number of aromatic nitrogens is 2. The van der Waals surface area contributed by atoms with Crippen molar-refractivity contribution in [3.8, 4) is 11.3 Å². The minimum atomic E-state index is -0.589. The summed E-state index contributed by atoms with van der Waals surface area (Å²) in [5.41, 5.74) is 4.53. The molecule has 0 radical (unpaired) electrons. The largest absolute Gasteiger partial charge is 0.306 e. The van der Waals surface area contributed by atoms with Crippen molar-refractivity contribution in [1.29, 1.82) is 0 Å². The van der Waals surface area contributed by atoms with Gasteiger partial charge in [0.15, 0.2) is 0 Å². The van der Waals surface area contributed by atoms with E-state index in [4.69, 9.17) is 0 Å². The molecular formula is C20H19F2N3. The molecule has 1 aromatic heterocycles. The maximum Gasteiger partial charge on any atom is 0.135 e. The maximum atomic E-state index is 14.1. The van der Waals surface area contributed by atoms with Crippen molar-refractivity contribution < 1.29 is 8.78 Å². The number of nitrogens with one attached hydrogen (secondary N) is 2. The molecule has 128 valence electrons. The van der Waals surface area contributed by atoms with Gasteiger partial charge in [-0.25, -0.2) is 8.78 Å². The number of H-pyrrole nitrogens is 1. The number of nitrogens with zero attached hydrogens (tertiary/aromatic N) is 1. The first kappa shape index (κ1) is 16.0. The monoisotopic (exact) mass is 339 g/mol. The highest BCUT2D eigenvalue weighted by Gasteiger charge is 2.20. The molecule has 3 nitrogen and oxygen atoms in total. The Morgan fingerprint density at radius 1 is 1.16 bits per heavy atom. The minimum Gasteiger partial charge on any atom is -0.306 e. The van der Waals surface area contributed by atoms with Gasteiger partial charge >= 0.3 is 0 Å². The maximum absolute atomic E-state index is 14.1. The number of halogens is 2. The van der Waals surface area contributed by atoms with Crippen LogP contribution < -0.4 is 5.32 Å². The Morgan fingerprint density at radius 3 is 2.92 bits per heavy atom. The summed E-state index contributed by atoms with van der Waals surface area (Å²) in [5, 5.41) is 10.4. The molecule has 0 aliphatic heterocycles. The average molecular weight is 339 g/mol. The zero-order valence-electron chi connectivity index (χ0n) is 13.7. The third kappa shape index (κ3) is 3.20. The number of hydrogen-bond donors (Lipinski definition) is 2. The first-order chi connectivity index (χ1) is 12.2. The molecule has 0 spiro atoms. The molecule has 5 heteroatoms. The molecule has 2 aromatic carbocycles. The van der Waals surface area contributed by atoms with Crippen molar-refractivity contribution in [2.75, 3.05) is 0 Å². The van der Waals surface area contributed by atoms with E-state index in [1.165, 1.54) is 23.3 Å². The molecular weight excluding hydrogens is 320 g/mol. The van der Waals surface area contributed by atoms with Crippen LogP contribution in [-0.2, 0) is 13.0 Å². The van der Waals surface area contributed by atoms with E-state index in [0.29, 0.717) is 17.8 Å². The molecule has 2 N–H and O–H groups in total. The van der Waals surface area contributed by atoms with Crippen molar-refractivity contribution in [3.63, 3.8) is 0 Å². The summed E-state index contributed by atoms with van der Waals surface area (Å²) in [6.45, 7) is 0.571. The Labute approximate surface area is 145 Å². The highest BCUT2D eigenvalue weighted by molar-refractivity contribution is 5.63. The van der Waals surface area contributed by atoms with Crippen LogP contribution in [0.4, 0.5) is 8.78 Å². The lowest BCUT2D eigenvalue weighted by molar-refractivity contribution is 0.459. The van der Waals surface area contributed by atoms with E-state index >= 15 is 0 Å². The zero-order chi connectivity index (χ0) is 17.2. The molecule has 3 aromatic rings. The van der Waals surface area contributed by atoms with Crippen molar-refractivity contribution >= 4 is 0 Å². The minimum absolute atomic E-state index is 0.283. The molecule has 0 bridgehead atoms. The summed E-state index contributed by atoms with van der Waals surface area (Å²) < 4.78 is 27.2. The summed E-state index contributed by atoms with van der Waals surface area (Å²) in [7, 11) is 0. The van der Waals surface area contributed by atoms with E-state index in [0.717, 1.165) is 30.9 Å². The van der Waals surface area contributed by atoms with Gasteiger partial charge in [0.25, 0.3) is 0 Å². The second-order valence-electron chi connectivity index (χ2n) is 6.42. The van der Waals surface area contributed by atoms with Crippen LogP contribution in [0.25, 0.3) is 11.3 Å². The quantitative estimate of drug-likeness (QED) is 0.733. The number of fused-ring (bicyclic) bond motifs is 1. The smallest absolute Gasteiger partial charge is 0.135 e. The van der Waals surface area contributed by atoms with E-state index in [-0.39, 0.29) is 6.04 Å². The number of rotatable bonds is 4. The normalized spacial score (nSPS) is 16.6. The Balaban J connectivity index is 1.55. The fourth-order valence-electron chi connectivity index (χ4n) is 3.57. The van der Waals surface area contributed by atoms with Crippen LogP contribution in [0.5, 0.6) is 0 Å². The Hall–Kier alpha value is -2.53. The lowest BCUT2D eigenvalue weighted by atomic mass is 9.87. The topological polar surface area (TPSA) is 40.7 Å². The van der Waals surface area contributed by atoms with Crippen molar-refractivity contribution in [3.05, 3.63) is 77.0 Å². The van der Waals surface area contributed by atoms with Crippen molar-refractivity contribution in [2.45, 2.75) is 31.8 Å². The van der Waals surface area contributed by atoms with Crippen LogP contribution in [0.15, 0.2) is 48.7 Å². The van der Waals surface area contributed by atoms with E-state index < -0.39 is 11.6 Å². The van der Waals surface area contributed by atoms with Crippen LogP contribution in [0.3, 0.4) is 0 Å². The summed E-state index contributed by atoms with van der Waals surface area (Å²) in [6.07, 6.45) is 5.04. The molecule has 0 saturated heterocycles. The molecule has 25 heavy (non-hydrogen) atoms. The summed E-state index contributed by atoms with van der Waals surface area (Å²) in [4.78, 5) is 0. The van der Waals surface area contributed by atoms with Gasteiger partial charge in [0.2, 0.25) is 0 Å². The van der Waals surface area contributed by atoms with Crippen LogP contribution in [0, 0.1) is 11.6 Å². The van der Waals surface area contributed by atoms with Gasteiger partial charge in [-0.05, 0) is 42.5 Å². The van der Waals surface area contributed by atoms with Crippen LogP contribution in [0.1, 0.15) is 35.6 Å². The Bertz CT molecular complexity index is 888. The second kappa shape index (κ2) is 6.76. The second-order valence-corrected chi connectivity index (χ2v) is 6.42. The number of aryl methyl sites for hydroxylation is 1. The van der Waals surface area contributed by atoms with E-state index in [9.17, 15) is 8.78 Å². The third-order valence-corrected chi connectivity index (χ3v) is 4.83. The molecule has 0 unspecified atom stereocenters.